The van der Waals surface area contributed by atoms with Gasteiger partial charge in [0.05, 0.1) is 34.6 Å². The van der Waals surface area contributed by atoms with Gasteiger partial charge in [0.25, 0.3) is 0 Å². The molecule has 4 heteroatoms. The van der Waals surface area contributed by atoms with E-state index in [2.05, 4.69) is 82.4 Å². The summed E-state index contributed by atoms with van der Waals surface area (Å²) in [6.45, 7) is 31.3. The third-order valence-electron chi connectivity index (χ3n) is 14.9. The average Bonchev–Trinajstić information content (AvgIpc) is 2.85. The Bertz CT molecular complexity index is 1030. The van der Waals surface area contributed by atoms with Gasteiger partial charge >= 0.3 is 0 Å². The second kappa shape index (κ2) is 10.9. The maximum atomic E-state index is 10.5. The van der Waals surface area contributed by atoms with Crippen molar-refractivity contribution >= 4 is 0 Å². The standard InChI is InChI=1S/2C20H34O2/c2*1-7-18(4)10-8-16-19(5)13-14(21)12-17(2,3)15(19)9-11-20(16,6)22-18/h2*7,14-16,21H,1,8-13H2,2-6H3/t2*14-,15-,16+,18+,19-,20+/m11/s1. The summed E-state index contributed by atoms with van der Waals surface area (Å²) in [4.78, 5) is 0. The Hall–Kier alpha value is -0.680. The molecule has 0 radical (unpaired) electrons. The molecule has 0 bridgehead atoms. The fourth-order valence-electron chi connectivity index (χ4n) is 13.4. The zero-order chi connectivity index (χ0) is 32.8. The molecule has 2 heterocycles. The lowest BCUT2D eigenvalue weighted by Crippen LogP contribution is -2.63. The molecule has 6 fully saturated rings. The van der Waals surface area contributed by atoms with E-state index in [0.717, 1.165) is 51.4 Å². The van der Waals surface area contributed by atoms with Crippen molar-refractivity contribution in [3.8, 4) is 0 Å². The molecule has 0 spiro atoms. The van der Waals surface area contributed by atoms with Crippen molar-refractivity contribution in [2.75, 3.05) is 0 Å². The summed E-state index contributed by atoms with van der Waals surface area (Å²) in [5, 5.41) is 21.0. The predicted octanol–water partition coefficient (Wildman–Crippen LogP) is 9.43. The minimum Gasteiger partial charge on any atom is -0.393 e. The first-order chi connectivity index (χ1) is 20.1. The molecule has 0 amide bonds. The number of ether oxygens (including phenoxy) is 2. The molecule has 4 aliphatic carbocycles. The second-order valence-corrected chi connectivity index (χ2v) is 19.3. The number of fused-ring (bicyclic) bond motifs is 6. The van der Waals surface area contributed by atoms with Gasteiger partial charge in [0.1, 0.15) is 0 Å². The van der Waals surface area contributed by atoms with Gasteiger partial charge in [-0.3, -0.25) is 0 Å². The molecule has 4 nitrogen and oxygen atoms in total. The molecular formula is C40H68O4. The smallest absolute Gasteiger partial charge is 0.0839 e. The van der Waals surface area contributed by atoms with Gasteiger partial charge in [-0.1, -0.05) is 53.7 Å². The van der Waals surface area contributed by atoms with Crippen molar-refractivity contribution in [1.29, 1.82) is 0 Å². The summed E-state index contributed by atoms with van der Waals surface area (Å²) >= 11 is 0. The van der Waals surface area contributed by atoms with Crippen LogP contribution in [0.4, 0.5) is 0 Å². The Morgan fingerprint density at radius 2 is 0.818 bits per heavy atom. The topological polar surface area (TPSA) is 58.9 Å². The second-order valence-electron chi connectivity index (χ2n) is 19.3. The van der Waals surface area contributed by atoms with Gasteiger partial charge in [0.2, 0.25) is 0 Å². The molecule has 4 saturated carbocycles. The van der Waals surface area contributed by atoms with Crippen molar-refractivity contribution in [3.05, 3.63) is 25.3 Å². The van der Waals surface area contributed by atoms with Gasteiger partial charge in [-0.15, -0.1) is 13.2 Å². The van der Waals surface area contributed by atoms with E-state index >= 15 is 0 Å². The van der Waals surface area contributed by atoms with Gasteiger partial charge in [-0.25, -0.2) is 0 Å². The fraction of sp³-hybridized carbons (Fsp3) is 0.900. The average molecular weight is 613 g/mol. The van der Waals surface area contributed by atoms with Crippen LogP contribution in [0.1, 0.15) is 146 Å². The van der Waals surface area contributed by atoms with Crippen LogP contribution in [0.3, 0.4) is 0 Å². The molecule has 2 aliphatic heterocycles. The molecule has 6 rings (SSSR count). The minimum absolute atomic E-state index is 0.0699. The molecule has 0 aromatic carbocycles. The first kappa shape index (κ1) is 34.6. The van der Waals surface area contributed by atoms with Crippen LogP contribution >= 0.6 is 0 Å². The van der Waals surface area contributed by atoms with E-state index in [9.17, 15) is 10.2 Å². The third-order valence-corrected chi connectivity index (χ3v) is 14.9. The summed E-state index contributed by atoms with van der Waals surface area (Å²) in [6.07, 6.45) is 16.6. The minimum atomic E-state index is -0.183. The lowest BCUT2D eigenvalue weighted by atomic mass is 9.44. The van der Waals surface area contributed by atoms with E-state index in [-0.39, 0.29) is 56.3 Å². The van der Waals surface area contributed by atoms with E-state index in [0.29, 0.717) is 23.7 Å². The molecule has 0 unspecified atom stereocenters. The van der Waals surface area contributed by atoms with Gasteiger partial charge in [-0.05, 0) is 150 Å². The quantitative estimate of drug-likeness (QED) is 0.305. The van der Waals surface area contributed by atoms with Gasteiger partial charge in [-0.2, -0.15) is 0 Å². The van der Waals surface area contributed by atoms with E-state index in [1.54, 1.807) is 0 Å². The zero-order valence-electron chi connectivity index (χ0n) is 30.2. The van der Waals surface area contributed by atoms with Gasteiger partial charge in [0.15, 0.2) is 0 Å². The van der Waals surface area contributed by atoms with Crippen LogP contribution in [-0.2, 0) is 9.47 Å². The zero-order valence-corrected chi connectivity index (χ0v) is 30.2. The maximum Gasteiger partial charge on any atom is 0.0839 e. The van der Waals surface area contributed by atoms with Crippen LogP contribution in [0.25, 0.3) is 0 Å². The first-order valence-electron chi connectivity index (χ1n) is 18.1. The predicted molar refractivity (Wildman–Crippen MR) is 181 cm³/mol. The highest BCUT2D eigenvalue weighted by atomic mass is 16.5. The lowest BCUT2D eigenvalue weighted by Gasteiger charge is -2.65. The Morgan fingerprint density at radius 3 is 1.14 bits per heavy atom. The number of hydrogen-bond acceptors (Lipinski definition) is 4. The molecule has 12 atom stereocenters. The van der Waals surface area contributed by atoms with Gasteiger partial charge < -0.3 is 19.7 Å². The van der Waals surface area contributed by atoms with E-state index < -0.39 is 0 Å². The summed E-state index contributed by atoms with van der Waals surface area (Å²) < 4.78 is 13.3. The van der Waals surface area contributed by atoms with Crippen molar-refractivity contribution in [2.45, 2.75) is 181 Å². The van der Waals surface area contributed by atoms with Crippen LogP contribution in [0.15, 0.2) is 25.3 Å². The first-order valence-corrected chi connectivity index (χ1v) is 18.1. The van der Waals surface area contributed by atoms with Crippen LogP contribution < -0.4 is 0 Å². The van der Waals surface area contributed by atoms with Crippen molar-refractivity contribution in [2.24, 2.45) is 45.3 Å². The maximum absolute atomic E-state index is 10.5. The molecule has 2 saturated heterocycles. The molecular weight excluding hydrogens is 544 g/mol. The van der Waals surface area contributed by atoms with Crippen LogP contribution in [0.2, 0.25) is 0 Å². The SMILES string of the molecule is C=C[C@@]1(C)CC[C@H]2[C@]3(C)C[C@H](O)CC(C)(C)[C@H]3CC[C@]2(C)O1.C=C[C@@]1(C)CC[C@H]2[C@]3(C)C[C@H](O)CC(C)(C)[C@H]3CC[C@]2(C)O1. The molecule has 0 aromatic heterocycles. The largest absolute Gasteiger partial charge is 0.393 e. The number of aliphatic hydroxyl groups is 2. The molecule has 252 valence electrons. The molecule has 0 aromatic rings. The molecule has 44 heavy (non-hydrogen) atoms. The third kappa shape index (κ3) is 5.62. The summed E-state index contributed by atoms with van der Waals surface area (Å²) in [5.41, 5.74) is 0.334. The lowest BCUT2D eigenvalue weighted by molar-refractivity contribution is -0.260. The normalized spacial score (nSPS) is 54.2. The van der Waals surface area contributed by atoms with E-state index in [4.69, 9.17) is 9.47 Å². The van der Waals surface area contributed by atoms with Crippen LogP contribution in [0, 0.1) is 45.3 Å². The Kier molecular flexibility index (Phi) is 8.60. The van der Waals surface area contributed by atoms with Crippen molar-refractivity contribution < 1.29 is 19.7 Å². The van der Waals surface area contributed by atoms with Crippen LogP contribution in [0.5, 0.6) is 0 Å². The molecule has 2 N–H and O–H groups in total. The number of rotatable bonds is 2. The summed E-state index contributed by atoms with van der Waals surface area (Å²) in [7, 11) is 0. The Morgan fingerprint density at radius 1 is 0.500 bits per heavy atom. The summed E-state index contributed by atoms with van der Waals surface area (Å²) in [5.74, 6) is 2.47. The highest BCUT2D eigenvalue weighted by Crippen LogP contribution is 2.67. The Labute approximate surface area is 270 Å². The highest BCUT2D eigenvalue weighted by Gasteiger charge is 2.64. The van der Waals surface area contributed by atoms with Crippen LogP contribution in [-0.4, -0.2) is 44.8 Å². The monoisotopic (exact) mass is 613 g/mol. The van der Waals surface area contributed by atoms with Crippen molar-refractivity contribution in [1.82, 2.24) is 0 Å². The summed E-state index contributed by atoms with van der Waals surface area (Å²) in [6, 6.07) is 0. The fourth-order valence-corrected chi connectivity index (χ4v) is 13.4. The Balaban J connectivity index is 0.000000175. The number of hydrogen-bond donors (Lipinski definition) is 2. The highest BCUT2D eigenvalue weighted by molar-refractivity contribution is 5.15. The van der Waals surface area contributed by atoms with E-state index in [1.165, 1.54) is 25.7 Å². The van der Waals surface area contributed by atoms with Crippen molar-refractivity contribution in [3.63, 3.8) is 0 Å². The van der Waals surface area contributed by atoms with E-state index in [1.807, 2.05) is 12.2 Å². The molecule has 6 aliphatic rings. The van der Waals surface area contributed by atoms with Gasteiger partial charge in [0, 0.05) is 0 Å². The number of aliphatic hydroxyl groups excluding tert-OH is 2.